The van der Waals surface area contributed by atoms with Crippen LogP contribution in [0.5, 0.6) is 0 Å². The third-order valence-electron chi connectivity index (χ3n) is 2.66. The van der Waals surface area contributed by atoms with Crippen molar-refractivity contribution in [2.75, 3.05) is 11.4 Å². The van der Waals surface area contributed by atoms with Crippen molar-refractivity contribution in [3.8, 4) is 0 Å². The van der Waals surface area contributed by atoms with Gasteiger partial charge in [-0.1, -0.05) is 64.1 Å². The summed E-state index contributed by atoms with van der Waals surface area (Å²) in [6.45, 7) is 11.2. The Balaban J connectivity index is 0.000000829. The molecule has 0 amide bonds. The Morgan fingerprint density at radius 3 is 2.20 bits per heavy atom. The molecule has 0 aliphatic heterocycles. The molecule has 1 aromatic rings. The smallest absolute Gasteiger partial charge is 0.0410 e. The first-order valence-electron chi connectivity index (χ1n) is 7.78. The second-order valence-corrected chi connectivity index (χ2v) is 3.74. The van der Waals surface area contributed by atoms with E-state index in [1.807, 2.05) is 27.7 Å². The van der Waals surface area contributed by atoms with E-state index in [0.717, 1.165) is 13.0 Å². The molecular formula is C19H29N. The van der Waals surface area contributed by atoms with Gasteiger partial charge in [-0.15, -0.1) is 0 Å². The number of anilines is 1. The molecule has 1 nitrogen and oxygen atoms in total. The highest BCUT2D eigenvalue weighted by molar-refractivity contribution is 5.55. The molecule has 0 fully saturated rings. The lowest BCUT2D eigenvalue weighted by molar-refractivity contribution is 0.978. The fourth-order valence-corrected chi connectivity index (χ4v) is 1.87. The van der Waals surface area contributed by atoms with E-state index >= 15 is 0 Å². The van der Waals surface area contributed by atoms with Gasteiger partial charge in [0.2, 0.25) is 0 Å². The van der Waals surface area contributed by atoms with Crippen molar-refractivity contribution in [1.82, 2.24) is 0 Å². The molecule has 0 saturated carbocycles. The highest BCUT2D eigenvalue weighted by Gasteiger charge is 2.06. The zero-order valence-corrected chi connectivity index (χ0v) is 13.6. The maximum absolute atomic E-state index is 2.31. The van der Waals surface area contributed by atoms with E-state index in [9.17, 15) is 0 Å². The van der Waals surface area contributed by atoms with Crippen LogP contribution in [-0.2, 0) is 0 Å². The largest absolute Gasteiger partial charge is 0.342 e. The number of benzene rings is 1. The van der Waals surface area contributed by atoms with Gasteiger partial charge < -0.3 is 4.90 Å². The van der Waals surface area contributed by atoms with E-state index in [2.05, 4.69) is 72.5 Å². The molecule has 1 heteroatoms. The van der Waals surface area contributed by atoms with Gasteiger partial charge in [-0.05, 0) is 37.6 Å². The van der Waals surface area contributed by atoms with Crippen LogP contribution in [0.15, 0.2) is 66.4 Å². The minimum absolute atomic E-state index is 0.980. The van der Waals surface area contributed by atoms with E-state index in [-0.39, 0.29) is 0 Å². The van der Waals surface area contributed by atoms with Crippen LogP contribution in [0, 0.1) is 0 Å². The molecule has 0 spiro atoms. The lowest BCUT2D eigenvalue weighted by atomic mass is 10.2. The number of likely N-dealkylation sites (N-methyl/N-ethyl adjacent to an activating group) is 1. The average Bonchev–Trinajstić information content (AvgIpc) is 2.82. The number of hydrogen-bond acceptors (Lipinski definition) is 1. The standard InChI is InChI=1S/C15H17N.2C2H6/c1-2-16(15-12-8-5-9-13-15)14-10-6-3-4-7-11-14;2*1-2/h3,5-13H,2,4H2,1H3;2*1-2H3. The third-order valence-corrected chi connectivity index (χ3v) is 2.66. The van der Waals surface area contributed by atoms with Crippen LogP contribution in [0.1, 0.15) is 41.0 Å². The number of nitrogens with zero attached hydrogens (tertiary/aromatic N) is 1. The Bertz CT molecular complexity index is 413. The first-order valence-corrected chi connectivity index (χ1v) is 7.78. The molecule has 1 aromatic carbocycles. The zero-order valence-electron chi connectivity index (χ0n) is 13.6. The Labute approximate surface area is 125 Å². The first kappa shape index (κ1) is 18.2. The van der Waals surface area contributed by atoms with E-state index in [1.165, 1.54) is 11.4 Å². The van der Waals surface area contributed by atoms with Crippen LogP contribution in [0.2, 0.25) is 0 Å². The van der Waals surface area contributed by atoms with Crippen LogP contribution >= 0.6 is 0 Å². The molecular weight excluding hydrogens is 242 g/mol. The van der Waals surface area contributed by atoms with Crippen molar-refractivity contribution in [3.63, 3.8) is 0 Å². The maximum Gasteiger partial charge on any atom is 0.0410 e. The van der Waals surface area contributed by atoms with Crippen molar-refractivity contribution >= 4 is 5.69 Å². The summed E-state index contributed by atoms with van der Waals surface area (Å²) in [7, 11) is 0. The van der Waals surface area contributed by atoms with Crippen LogP contribution in [-0.4, -0.2) is 6.54 Å². The average molecular weight is 271 g/mol. The maximum atomic E-state index is 2.31. The minimum atomic E-state index is 0.980. The van der Waals surface area contributed by atoms with Gasteiger partial charge in [0.15, 0.2) is 0 Å². The van der Waals surface area contributed by atoms with Crippen LogP contribution < -0.4 is 4.90 Å². The third kappa shape index (κ3) is 5.92. The molecule has 0 saturated heterocycles. The summed E-state index contributed by atoms with van der Waals surface area (Å²) in [5, 5.41) is 0. The highest BCUT2D eigenvalue weighted by Crippen LogP contribution is 2.20. The lowest BCUT2D eigenvalue weighted by Crippen LogP contribution is -2.20. The molecule has 1 aliphatic carbocycles. The highest BCUT2D eigenvalue weighted by atomic mass is 15.1. The van der Waals surface area contributed by atoms with E-state index < -0.39 is 0 Å². The van der Waals surface area contributed by atoms with Gasteiger partial charge in [0.1, 0.15) is 0 Å². The van der Waals surface area contributed by atoms with Crippen LogP contribution in [0.25, 0.3) is 0 Å². The fourth-order valence-electron chi connectivity index (χ4n) is 1.87. The molecule has 110 valence electrons. The molecule has 0 heterocycles. The summed E-state index contributed by atoms with van der Waals surface area (Å²) in [5.41, 5.74) is 2.50. The summed E-state index contributed by atoms with van der Waals surface area (Å²) < 4.78 is 0. The Hall–Kier alpha value is -1.76. The minimum Gasteiger partial charge on any atom is -0.342 e. The van der Waals surface area contributed by atoms with Gasteiger partial charge in [0.25, 0.3) is 0 Å². The van der Waals surface area contributed by atoms with Crippen molar-refractivity contribution in [2.45, 2.75) is 41.0 Å². The van der Waals surface area contributed by atoms with Crippen LogP contribution in [0.3, 0.4) is 0 Å². The summed E-state index contributed by atoms with van der Waals surface area (Å²) in [6, 6.07) is 10.5. The summed E-state index contributed by atoms with van der Waals surface area (Å²) >= 11 is 0. The molecule has 0 bridgehead atoms. The Morgan fingerprint density at radius 2 is 1.60 bits per heavy atom. The second-order valence-electron chi connectivity index (χ2n) is 3.74. The SMILES string of the molecule is CC.CC.CCN(C1=CC=CCC=C1)c1ccccc1. The predicted molar refractivity (Wildman–Crippen MR) is 93.1 cm³/mol. The predicted octanol–water partition coefficient (Wildman–Crippen LogP) is 5.97. The Kier molecular flexibility index (Phi) is 11.2. The molecule has 2 rings (SSSR count). The molecule has 0 atom stereocenters. The van der Waals surface area contributed by atoms with Gasteiger partial charge in [-0.25, -0.2) is 0 Å². The molecule has 1 aliphatic rings. The lowest BCUT2D eigenvalue weighted by Gasteiger charge is -2.24. The quantitative estimate of drug-likeness (QED) is 0.655. The molecule has 0 aromatic heterocycles. The van der Waals surface area contributed by atoms with Gasteiger partial charge in [-0.3, -0.25) is 0 Å². The number of rotatable bonds is 3. The van der Waals surface area contributed by atoms with Crippen molar-refractivity contribution < 1.29 is 0 Å². The normalized spacial score (nSPS) is 12.2. The van der Waals surface area contributed by atoms with Gasteiger partial charge >= 0.3 is 0 Å². The fraction of sp³-hybridized carbons (Fsp3) is 0.368. The summed E-state index contributed by atoms with van der Waals surface area (Å²) in [6.07, 6.45) is 11.9. The van der Waals surface area contributed by atoms with E-state index in [1.54, 1.807) is 0 Å². The van der Waals surface area contributed by atoms with Gasteiger partial charge in [0.05, 0.1) is 0 Å². The summed E-state index contributed by atoms with van der Waals surface area (Å²) in [4.78, 5) is 2.31. The zero-order chi connectivity index (χ0) is 15.2. The molecule has 20 heavy (non-hydrogen) atoms. The molecule has 0 unspecified atom stereocenters. The van der Waals surface area contributed by atoms with Crippen molar-refractivity contribution in [2.24, 2.45) is 0 Å². The second kappa shape index (κ2) is 12.3. The number of para-hydroxylation sites is 1. The van der Waals surface area contributed by atoms with Gasteiger partial charge in [-0.2, -0.15) is 0 Å². The topological polar surface area (TPSA) is 3.24 Å². The van der Waals surface area contributed by atoms with Crippen molar-refractivity contribution in [3.05, 3.63) is 66.4 Å². The van der Waals surface area contributed by atoms with Crippen molar-refractivity contribution in [1.29, 1.82) is 0 Å². The van der Waals surface area contributed by atoms with E-state index in [4.69, 9.17) is 0 Å². The van der Waals surface area contributed by atoms with Gasteiger partial charge in [0, 0.05) is 17.9 Å². The van der Waals surface area contributed by atoms with E-state index in [0.29, 0.717) is 0 Å². The summed E-state index contributed by atoms with van der Waals surface area (Å²) in [5.74, 6) is 0. The number of allylic oxidation sites excluding steroid dienone is 5. The monoisotopic (exact) mass is 271 g/mol. The molecule has 0 N–H and O–H groups in total. The first-order chi connectivity index (χ1) is 9.92. The molecule has 0 radical (unpaired) electrons. The Morgan fingerprint density at radius 1 is 0.950 bits per heavy atom. The number of hydrogen-bond donors (Lipinski definition) is 0. The van der Waals surface area contributed by atoms with Crippen LogP contribution in [0.4, 0.5) is 5.69 Å².